The maximum atomic E-state index is 5.35. The zero-order chi connectivity index (χ0) is 14.9. The van der Waals surface area contributed by atoms with E-state index in [2.05, 4.69) is 22.3 Å². The summed E-state index contributed by atoms with van der Waals surface area (Å²) in [5, 5.41) is 8.50. The Bertz CT molecular complexity index is 940. The van der Waals surface area contributed by atoms with Crippen molar-refractivity contribution in [2.75, 3.05) is 6.79 Å². The summed E-state index contributed by atoms with van der Waals surface area (Å²) in [4.78, 5) is 0.859. The van der Waals surface area contributed by atoms with Crippen LogP contribution in [0.4, 0.5) is 0 Å². The van der Waals surface area contributed by atoms with E-state index in [-0.39, 0.29) is 6.79 Å². The van der Waals surface area contributed by atoms with Crippen molar-refractivity contribution in [1.82, 2.24) is 4.57 Å². The lowest BCUT2D eigenvalue weighted by molar-refractivity contribution is 0.174. The number of rotatable bonds is 2. The van der Waals surface area contributed by atoms with Crippen LogP contribution in [0.25, 0.3) is 10.2 Å². The predicted molar refractivity (Wildman–Crippen MR) is 86.5 cm³/mol. The molecule has 0 spiro atoms. The second-order valence-electron chi connectivity index (χ2n) is 4.87. The smallest absolute Gasteiger partial charge is 0.231 e. The molecule has 1 aliphatic heterocycles. The van der Waals surface area contributed by atoms with Crippen LogP contribution in [0.2, 0.25) is 0 Å². The highest BCUT2D eigenvalue weighted by molar-refractivity contribution is 7.16. The molecular weight excluding hydrogens is 298 g/mol. The molecule has 0 aliphatic carbocycles. The maximum Gasteiger partial charge on any atom is 0.231 e. The molecule has 6 heteroatoms. The van der Waals surface area contributed by atoms with Crippen LogP contribution in [0.5, 0.6) is 11.5 Å². The quantitative estimate of drug-likeness (QED) is 0.540. The number of aromatic nitrogens is 1. The van der Waals surface area contributed by atoms with E-state index in [9.17, 15) is 0 Å². The average molecular weight is 311 g/mol. The molecular formula is C16H13N3O2S. The molecule has 5 nitrogen and oxygen atoms in total. The third-order valence-electron chi connectivity index (χ3n) is 3.46. The molecule has 0 radical (unpaired) electrons. The highest BCUT2D eigenvalue weighted by atomic mass is 32.1. The average Bonchev–Trinajstić information content (AvgIpc) is 3.12. The minimum atomic E-state index is 0.276. The Morgan fingerprint density at radius 2 is 2.00 bits per heavy atom. The number of benzene rings is 2. The standard InChI is InChI=1S/C16H13N3O2S/c1-19-12-4-2-3-5-15(12)22-16(19)18-17-9-11-6-7-13-14(8-11)21-10-20-13/h2-9H,10H2,1H3/b17-9-,18-16+. The molecule has 1 aliphatic rings. The van der Waals surface area contributed by atoms with Gasteiger partial charge < -0.3 is 14.0 Å². The third kappa shape index (κ3) is 2.27. The molecule has 1 aromatic heterocycles. The van der Waals surface area contributed by atoms with Crippen LogP contribution in [-0.2, 0) is 7.05 Å². The molecule has 2 heterocycles. The van der Waals surface area contributed by atoms with Crippen LogP contribution < -0.4 is 14.3 Å². The second-order valence-corrected chi connectivity index (χ2v) is 5.88. The summed E-state index contributed by atoms with van der Waals surface area (Å²) in [6, 6.07) is 13.9. The zero-order valence-electron chi connectivity index (χ0n) is 11.9. The lowest BCUT2D eigenvalue weighted by Crippen LogP contribution is -2.08. The molecule has 0 amide bonds. The Labute approximate surface area is 130 Å². The van der Waals surface area contributed by atoms with Crippen molar-refractivity contribution >= 4 is 27.8 Å². The number of thiazole rings is 1. The normalized spacial score (nSPS) is 14.3. The Morgan fingerprint density at radius 3 is 2.91 bits per heavy atom. The summed E-state index contributed by atoms with van der Waals surface area (Å²) in [5.74, 6) is 1.52. The van der Waals surface area contributed by atoms with Crippen molar-refractivity contribution in [3.63, 3.8) is 0 Å². The Morgan fingerprint density at radius 1 is 1.14 bits per heavy atom. The first-order valence-corrected chi connectivity index (χ1v) is 7.64. The van der Waals surface area contributed by atoms with E-state index in [1.54, 1.807) is 17.6 Å². The van der Waals surface area contributed by atoms with Gasteiger partial charge in [0.15, 0.2) is 11.5 Å². The van der Waals surface area contributed by atoms with Gasteiger partial charge in [0.25, 0.3) is 0 Å². The van der Waals surface area contributed by atoms with Crippen molar-refractivity contribution in [2.45, 2.75) is 0 Å². The van der Waals surface area contributed by atoms with Gasteiger partial charge in [-0.1, -0.05) is 23.5 Å². The molecule has 0 saturated heterocycles. The summed E-state index contributed by atoms with van der Waals surface area (Å²) >= 11 is 1.62. The highest BCUT2D eigenvalue weighted by Gasteiger charge is 2.12. The van der Waals surface area contributed by atoms with Crippen molar-refractivity contribution in [1.29, 1.82) is 0 Å². The van der Waals surface area contributed by atoms with Crippen LogP contribution in [0.1, 0.15) is 5.56 Å². The van der Waals surface area contributed by atoms with E-state index >= 15 is 0 Å². The molecule has 0 fully saturated rings. The number of hydrogen-bond acceptors (Lipinski definition) is 5. The largest absolute Gasteiger partial charge is 0.454 e. The first-order chi connectivity index (χ1) is 10.8. The lowest BCUT2D eigenvalue weighted by Gasteiger charge is -1.96. The Kier molecular flexibility index (Phi) is 3.16. The van der Waals surface area contributed by atoms with Crippen LogP contribution in [-0.4, -0.2) is 17.6 Å². The summed E-state index contributed by atoms with van der Waals surface area (Å²) in [5.41, 5.74) is 2.08. The number of nitrogens with zero attached hydrogens (tertiary/aromatic N) is 3. The predicted octanol–water partition coefficient (Wildman–Crippen LogP) is 2.90. The number of ether oxygens (including phenoxy) is 2. The van der Waals surface area contributed by atoms with Gasteiger partial charge in [-0.05, 0) is 35.9 Å². The van der Waals surface area contributed by atoms with Gasteiger partial charge in [-0.15, -0.1) is 5.10 Å². The van der Waals surface area contributed by atoms with Gasteiger partial charge in [-0.25, -0.2) is 0 Å². The van der Waals surface area contributed by atoms with E-state index in [0.29, 0.717) is 0 Å². The topological polar surface area (TPSA) is 48.1 Å². The molecule has 0 N–H and O–H groups in total. The molecule has 22 heavy (non-hydrogen) atoms. The molecule has 0 atom stereocenters. The third-order valence-corrected chi connectivity index (χ3v) is 4.56. The van der Waals surface area contributed by atoms with E-state index in [0.717, 1.165) is 27.4 Å². The first kappa shape index (κ1) is 13.1. The molecule has 0 bridgehead atoms. The molecule has 0 saturated carbocycles. The highest BCUT2D eigenvalue weighted by Crippen LogP contribution is 2.31. The van der Waals surface area contributed by atoms with Gasteiger partial charge in [0.05, 0.1) is 16.4 Å². The van der Waals surface area contributed by atoms with Crippen LogP contribution in [0, 0.1) is 0 Å². The number of fused-ring (bicyclic) bond motifs is 2. The van der Waals surface area contributed by atoms with Crippen molar-refractivity contribution < 1.29 is 9.47 Å². The molecule has 110 valence electrons. The van der Waals surface area contributed by atoms with E-state index in [1.165, 1.54) is 4.70 Å². The monoisotopic (exact) mass is 311 g/mol. The van der Waals surface area contributed by atoms with Crippen molar-refractivity contribution in [3.05, 3.63) is 52.8 Å². The second kappa shape index (κ2) is 5.31. The van der Waals surface area contributed by atoms with Gasteiger partial charge in [0.2, 0.25) is 11.6 Å². The van der Waals surface area contributed by atoms with Crippen LogP contribution in [0.3, 0.4) is 0 Å². The fourth-order valence-corrected chi connectivity index (χ4v) is 3.29. The fraction of sp³-hybridized carbons (Fsp3) is 0.125. The van der Waals surface area contributed by atoms with Gasteiger partial charge >= 0.3 is 0 Å². The SMILES string of the molecule is Cn1/c(=N\N=C/c2ccc3c(c2)OCO3)sc2ccccc21. The zero-order valence-corrected chi connectivity index (χ0v) is 12.7. The maximum absolute atomic E-state index is 5.35. The minimum Gasteiger partial charge on any atom is -0.454 e. The summed E-state index contributed by atoms with van der Waals surface area (Å²) in [7, 11) is 1.99. The molecule has 4 rings (SSSR count). The number of aryl methyl sites for hydroxylation is 1. The van der Waals surface area contributed by atoms with Gasteiger partial charge in [0.1, 0.15) is 0 Å². The Hall–Kier alpha value is -2.60. The van der Waals surface area contributed by atoms with Crippen molar-refractivity contribution in [2.24, 2.45) is 17.3 Å². The van der Waals surface area contributed by atoms with E-state index in [1.807, 2.05) is 41.9 Å². The summed E-state index contributed by atoms with van der Waals surface area (Å²) < 4.78 is 13.9. The van der Waals surface area contributed by atoms with Crippen LogP contribution in [0.15, 0.2) is 52.7 Å². The Balaban J connectivity index is 1.66. The molecule has 2 aromatic carbocycles. The van der Waals surface area contributed by atoms with Crippen LogP contribution >= 0.6 is 11.3 Å². The van der Waals surface area contributed by atoms with E-state index in [4.69, 9.17) is 9.47 Å². The number of hydrogen-bond donors (Lipinski definition) is 0. The van der Waals surface area contributed by atoms with Crippen molar-refractivity contribution in [3.8, 4) is 11.5 Å². The van der Waals surface area contributed by atoms with Gasteiger partial charge in [-0.3, -0.25) is 0 Å². The first-order valence-electron chi connectivity index (χ1n) is 6.82. The molecule has 3 aromatic rings. The number of para-hydroxylation sites is 1. The summed E-state index contributed by atoms with van der Waals surface area (Å²) in [6.07, 6.45) is 1.71. The fourth-order valence-electron chi connectivity index (χ4n) is 2.32. The van der Waals surface area contributed by atoms with Gasteiger partial charge in [-0.2, -0.15) is 5.10 Å². The summed E-state index contributed by atoms with van der Waals surface area (Å²) in [6.45, 7) is 0.276. The van der Waals surface area contributed by atoms with E-state index < -0.39 is 0 Å². The lowest BCUT2D eigenvalue weighted by atomic mass is 10.2. The minimum absolute atomic E-state index is 0.276. The van der Waals surface area contributed by atoms with Gasteiger partial charge in [0, 0.05) is 7.05 Å². The molecule has 0 unspecified atom stereocenters.